The van der Waals surface area contributed by atoms with Crippen LogP contribution in [0.4, 0.5) is 0 Å². The molecule has 1 atom stereocenters. The molecular formula is C47H86O5. The van der Waals surface area contributed by atoms with E-state index in [9.17, 15) is 14.7 Å². The fourth-order valence-corrected chi connectivity index (χ4v) is 6.50. The fourth-order valence-electron chi connectivity index (χ4n) is 6.50. The zero-order valence-electron chi connectivity index (χ0n) is 34.6. The molecule has 0 aliphatic rings. The van der Waals surface area contributed by atoms with Gasteiger partial charge in [-0.2, -0.15) is 0 Å². The van der Waals surface area contributed by atoms with E-state index < -0.39 is 6.10 Å². The second kappa shape index (κ2) is 43.5. The summed E-state index contributed by atoms with van der Waals surface area (Å²) in [6.45, 7) is 4.12. The Hall–Kier alpha value is -1.88. The molecule has 1 N–H and O–H groups in total. The summed E-state index contributed by atoms with van der Waals surface area (Å²) in [5, 5.41) is 9.59. The molecule has 0 saturated heterocycles. The first-order valence-electron chi connectivity index (χ1n) is 22.5. The maximum Gasteiger partial charge on any atom is 0.306 e. The SMILES string of the molecule is CCCCC/C=C\C/C=C\C/C=C\CCCCCCCCC(=O)OC(CO)COC(=O)CCCCCCCCCCCCCCCCCCCCC. The van der Waals surface area contributed by atoms with Crippen LogP contribution in [0.2, 0.25) is 0 Å². The van der Waals surface area contributed by atoms with Crippen molar-refractivity contribution in [3.8, 4) is 0 Å². The van der Waals surface area contributed by atoms with Crippen LogP contribution in [0.15, 0.2) is 36.5 Å². The van der Waals surface area contributed by atoms with E-state index in [1.807, 2.05) is 0 Å². The van der Waals surface area contributed by atoms with Crippen LogP contribution in [0, 0.1) is 0 Å². The number of allylic oxidation sites excluding steroid dienone is 6. The summed E-state index contributed by atoms with van der Waals surface area (Å²) in [4.78, 5) is 24.3. The van der Waals surface area contributed by atoms with Gasteiger partial charge in [-0.1, -0.05) is 204 Å². The summed E-state index contributed by atoms with van der Waals surface area (Å²) in [7, 11) is 0. The minimum atomic E-state index is -0.776. The third kappa shape index (κ3) is 40.9. The highest BCUT2D eigenvalue weighted by Gasteiger charge is 2.16. The molecule has 0 spiro atoms. The van der Waals surface area contributed by atoms with Crippen molar-refractivity contribution in [2.75, 3.05) is 13.2 Å². The molecule has 0 aliphatic heterocycles. The Morgan fingerprint density at radius 3 is 1.19 bits per heavy atom. The second-order valence-electron chi connectivity index (χ2n) is 15.1. The standard InChI is InChI=1S/C47H86O5/c1-3-5-7-9-11-13-15-17-19-21-23-25-27-29-31-33-35-37-39-41-46(49)51-44-45(43-48)52-47(50)42-40-38-36-34-32-30-28-26-24-22-20-18-16-14-12-10-8-6-4-2/h12,14,18,20,24,26,45,48H,3-11,13,15-17,19,21-23,25,27-44H2,1-2H3/b14-12-,20-18-,26-24-. The van der Waals surface area contributed by atoms with E-state index in [1.165, 1.54) is 148 Å². The molecule has 0 saturated carbocycles. The van der Waals surface area contributed by atoms with E-state index in [0.717, 1.165) is 57.8 Å². The van der Waals surface area contributed by atoms with Gasteiger partial charge in [0.25, 0.3) is 0 Å². The molecule has 0 fully saturated rings. The first-order chi connectivity index (χ1) is 25.6. The first kappa shape index (κ1) is 50.1. The lowest BCUT2D eigenvalue weighted by Gasteiger charge is -2.15. The van der Waals surface area contributed by atoms with Crippen molar-refractivity contribution in [1.82, 2.24) is 0 Å². The molecule has 1 unspecified atom stereocenters. The van der Waals surface area contributed by atoms with Gasteiger partial charge in [0.2, 0.25) is 0 Å². The van der Waals surface area contributed by atoms with Crippen molar-refractivity contribution >= 4 is 11.9 Å². The second-order valence-corrected chi connectivity index (χ2v) is 15.1. The van der Waals surface area contributed by atoms with E-state index in [1.54, 1.807) is 0 Å². The predicted octanol–water partition coefficient (Wildman–Crippen LogP) is 14.4. The van der Waals surface area contributed by atoms with Gasteiger partial charge in [0.1, 0.15) is 6.61 Å². The molecule has 5 nitrogen and oxygen atoms in total. The fraction of sp³-hybridized carbons (Fsp3) is 0.830. The Kier molecular flexibility index (Phi) is 42.0. The Bertz CT molecular complexity index is 832. The van der Waals surface area contributed by atoms with Crippen molar-refractivity contribution in [2.24, 2.45) is 0 Å². The molecule has 0 aromatic heterocycles. The lowest BCUT2D eigenvalue weighted by molar-refractivity contribution is -0.161. The zero-order valence-corrected chi connectivity index (χ0v) is 34.6. The number of hydrogen-bond acceptors (Lipinski definition) is 5. The Morgan fingerprint density at radius 1 is 0.442 bits per heavy atom. The van der Waals surface area contributed by atoms with Crippen LogP contribution in [0.1, 0.15) is 232 Å². The average molecular weight is 731 g/mol. The molecule has 0 aliphatic carbocycles. The van der Waals surface area contributed by atoms with Gasteiger partial charge in [-0.05, 0) is 51.4 Å². The topological polar surface area (TPSA) is 72.8 Å². The summed E-state index contributed by atoms with van der Waals surface area (Å²) in [6.07, 6.45) is 53.6. The maximum atomic E-state index is 12.2. The van der Waals surface area contributed by atoms with Crippen LogP contribution in [0.25, 0.3) is 0 Å². The van der Waals surface area contributed by atoms with Crippen molar-refractivity contribution in [2.45, 2.75) is 238 Å². The van der Waals surface area contributed by atoms with E-state index in [0.29, 0.717) is 12.8 Å². The molecule has 0 amide bonds. The predicted molar refractivity (Wildman–Crippen MR) is 224 cm³/mol. The van der Waals surface area contributed by atoms with Crippen molar-refractivity contribution < 1.29 is 24.2 Å². The van der Waals surface area contributed by atoms with Crippen LogP contribution in [0.3, 0.4) is 0 Å². The lowest BCUT2D eigenvalue weighted by Crippen LogP contribution is -2.28. The highest BCUT2D eigenvalue weighted by atomic mass is 16.6. The zero-order chi connectivity index (χ0) is 37.8. The van der Waals surface area contributed by atoms with Crippen molar-refractivity contribution in [3.05, 3.63) is 36.5 Å². The Labute approximate surface area is 323 Å². The number of unbranched alkanes of at least 4 members (excludes halogenated alkanes) is 27. The van der Waals surface area contributed by atoms with Gasteiger partial charge in [-0.15, -0.1) is 0 Å². The van der Waals surface area contributed by atoms with Crippen molar-refractivity contribution in [3.63, 3.8) is 0 Å². The van der Waals surface area contributed by atoms with Crippen LogP contribution >= 0.6 is 0 Å². The number of hydrogen-bond donors (Lipinski definition) is 1. The molecule has 304 valence electrons. The minimum Gasteiger partial charge on any atom is -0.462 e. The third-order valence-electron chi connectivity index (χ3n) is 9.94. The quantitative estimate of drug-likeness (QED) is 0.0385. The van der Waals surface area contributed by atoms with E-state index in [-0.39, 0.29) is 25.2 Å². The highest BCUT2D eigenvalue weighted by Crippen LogP contribution is 2.15. The maximum absolute atomic E-state index is 12.2. The molecule has 0 rings (SSSR count). The normalized spacial score (nSPS) is 12.4. The summed E-state index contributed by atoms with van der Waals surface area (Å²) in [5.41, 5.74) is 0. The minimum absolute atomic E-state index is 0.0680. The Morgan fingerprint density at radius 2 is 0.769 bits per heavy atom. The number of aliphatic hydroxyl groups is 1. The third-order valence-corrected chi connectivity index (χ3v) is 9.94. The van der Waals surface area contributed by atoms with Crippen LogP contribution in [-0.2, 0) is 19.1 Å². The lowest BCUT2D eigenvalue weighted by atomic mass is 10.0. The number of carbonyl (C=O) groups excluding carboxylic acids is 2. The molecule has 0 radical (unpaired) electrons. The van der Waals surface area contributed by atoms with E-state index >= 15 is 0 Å². The monoisotopic (exact) mass is 731 g/mol. The number of rotatable bonds is 41. The first-order valence-corrected chi connectivity index (χ1v) is 22.5. The molecule has 0 bridgehead atoms. The molecule has 52 heavy (non-hydrogen) atoms. The molecule has 0 aromatic carbocycles. The number of aliphatic hydroxyl groups excluding tert-OH is 1. The van der Waals surface area contributed by atoms with Gasteiger partial charge in [0, 0.05) is 12.8 Å². The summed E-state index contributed by atoms with van der Waals surface area (Å²) in [6, 6.07) is 0. The van der Waals surface area contributed by atoms with E-state index in [4.69, 9.17) is 9.47 Å². The van der Waals surface area contributed by atoms with E-state index in [2.05, 4.69) is 50.3 Å². The van der Waals surface area contributed by atoms with Gasteiger partial charge >= 0.3 is 11.9 Å². The Balaban J connectivity index is 3.53. The van der Waals surface area contributed by atoms with Gasteiger partial charge in [0.15, 0.2) is 6.10 Å². The van der Waals surface area contributed by atoms with Gasteiger partial charge in [-0.3, -0.25) is 9.59 Å². The molecule has 5 heteroatoms. The smallest absolute Gasteiger partial charge is 0.306 e. The molecule has 0 aromatic rings. The molecular weight excluding hydrogens is 645 g/mol. The van der Waals surface area contributed by atoms with Crippen LogP contribution < -0.4 is 0 Å². The van der Waals surface area contributed by atoms with Gasteiger partial charge in [0.05, 0.1) is 6.61 Å². The summed E-state index contributed by atoms with van der Waals surface area (Å²) < 4.78 is 10.6. The van der Waals surface area contributed by atoms with Gasteiger partial charge < -0.3 is 14.6 Å². The number of esters is 2. The number of carbonyl (C=O) groups is 2. The average Bonchev–Trinajstić information content (AvgIpc) is 3.15. The summed E-state index contributed by atoms with van der Waals surface area (Å²) >= 11 is 0. The summed E-state index contributed by atoms with van der Waals surface area (Å²) in [5.74, 6) is -0.596. The van der Waals surface area contributed by atoms with Crippen molar-refractivity contribution in [1.29, 1.82) is 0 Å². The van der Waals surface area contributed by atoms with Crippen LogP contribution in [0.5, 0.6) is 0 Å². The largest absolute Gasteiger partial charge is 0.462 e. The number of ether oxygens (including phenoxy) is 2. The molecule has 0 heterocycles. The van der Waals surface area contributed by atoms with Gasteiger partial charge in [-0.25, -0.2) is 0 Å². The highest BCUT2D eigenvalue weighted by molar-refractivity contribution is 5.70. The van der Waals surface area contributed by atoms with Crippen LogP contribution in [-0.4, -0.2) is 36.4 Å².